The minimum absolute atomic E-state index is 0.0763. The average Bonchev–Trinajstić information content (AvgIpc) is 3.78. The standard InChI is InChI=1S/C26H26N6O/c1-16-13-27-24(12-22(16)19-7-10-23(28-14-19)17-5-6-17)26(33)30-20-4-2-3-18(11-20)25-31-29-15-32(25)21-8-9-21/h2-4,7,10-17,21-22H,5-6,8-9H2,1H3,(H,30,33). The molecule has 3 aromatic rings. The molecule has 2 atom stereocenters. The molecule has 7 nitrogen and oxygen atoms in total. The molecule has 2 aromatic heterocycles. The number of amides is 1. The second kappa shape index (κ2) is 8.06. The van der Waals surface area contributed by atoms with Gasteiger partial charge >= 0.3 is 0 Å². The van der Waals surface area contributed by atoms with Crippen molar-refractivity contribution in [3.8, 4) is 11.4 Å². The Bertz CT molecular complexity index is 1250. The first-order chi connectivity index (χ1) is 16.2. The van der Waals surface area contributed by atoms with E-state index in [2.05, 4.69) is 49.1 Å². The highest BCUT2D eigenvalue weighted by molar-refractivity contribution is 6.05. The van der Waals surface area contributed by atoms with Crippen molar-refractivity contribution in [2.45, 2.75) is 50.5 Å². The Morgan fingerprint density at radius 1 is 1.12 bits per heavy atom. The van der Waals surface area contributed by atoms with Crippen molar-refractivity contribution >= 4 is 17.8 Å². The summed E-state index contributed by atoms with van der Waals surface area (Å²) in [5.41, 5.74) is 4.37. The van der Waals surface area contributed by atoms with Gasteiger partial charge in [0.05, 0.1) is 0 Å². The smallest absolute Gasteiger partial charge is 0.273 e. The fourth-order valence-corrected chi connectivity index (χ4v) is 4.42. The van der Waals surface area contributed by atoms with Gasteiger partial charge in [0.15, 0.2) is 5.82 Å². The Morgan fingerprint density at radius 3 is 2.76 bits per heavy atom. The SMILES string of the molecule is CC1C=NC(C(=O)Nc2cccc(-c3nncn3C3CC3)c2)=CC1c1ccc(C2CC2)nc1. The van der Waals surface area contributed by atoms with Crippen LogP contribution in [0.25, 0.3) is 11.4 Å². The Hall–Kier alpha value is -3.61. The van der Waals surface area contributed by atoms with Crippen LogP contribution in [-0.4, -0.2) is 31.9 Å². The van der Waals surface area contributed by atoms with Gasteiger partial charge in [-0.05, 0) is 55.5 Å². The number of nitrogens with one attached hydrogen (secondary N) is 1. The van der Waals surface area contributed by atoms with Crippen LogP contribution in [0.15, 0.2) is 65.7 Å². The lowest BCUT2D eigenvalue weighted by molar-refractivity contribution is -0.112. The number of anilines is 1. The Morgan fingerprint density at radius 2 is 2.00 bits per heavy atom. The van der Waals surface area contributed by atoms with Crippen LogP contribution in [0.3, 0.4) is 0 Å². The highest BCUT2D eigenvalue weighted by Crippen LogP contribution is 2.40. The van der Waals surface area contributed by atoms with Gasteiger partial charge in [-0.3, -0.25) is 14.8 Å². The molecule has 166 valence electrons. The van der Waals surface area contributed by atoms with Crippen LogP contribution in [0, 0.1) is 5.92 Å². The molecule has 6 rings (SSSR count). The Labute approximate surface area is 192 Å². The molecule has 3 aliphatic rings. The predicted molar refractivity (Wildman–Crippen MR) is 127 cm³/mol. The number of aromatic nitrogens is 4. The molecule has 1 aromatic carbocycles. The molecule has 0 spiro atoms. The molecular formula is C26H26N6O. The molecule has 2 aliphatic carbocycles. The number of hydrogen-bond acceptors (Lipinski definition) is 5. The minimum Gasteiger partial charge on any atom is -0.321 e. The first-order valence-electron chi connectivity index (χ1n) is 11.7. The van der Waals surface area contributed by atoms with E-state index >= 15 is 0 Å². The topological polar surface area (TPSA) is 85.1 Å². The largest absolute Gasteiger partial charge is 0.321 e. The number of pyridine rings is 1. The quantitative estimate of drug-likeness (QED) is 0.594. The summed E-state index contributed by atoms with van der Waals surface area (Å²) in [5.74, 6) is 1.53. The monoisotopic (exact) mass is 438 g/mol. The summed E-state index contributed by atoms with van der Waals surface area (Å²) in [6.07, 6.45) is 12.4. The van der Waals surface area contributed by atoms with Crippen molar-refractivity contribution in [3.05, 3.63) is 72.0 Å². The van der Waals surface area contributed by atoms with Gasteiger partial charge in [0, 0.05) is 53.2 Å². The number of carbonyl (C=O) groups excluding carboxylic acids is 1. The summed E-state index contributed by atoms with van der Waals surface area (Å²) < 4.78 is 2.11. The van der Waals surface area contributed by atoms with Gasteiger partial charge in [-0.2, -0.15) is 0 Å². The zero-order chi connectivity index (χ0) is 22.4. The Kier molecular flexibility index (Phi) is 4.89. The van der Waals surface area contributed by atoms with Crippen molar-refractivity contribution < 1.29 is 4.79 Å². The predicted octanol–water partition coefficient (Wildman–Crippen LogP) is 4.88. The third kappa shape index (κ3) is 4.11. The molecule has 0 radical (unpaired) electrons. The van der Waals surface area contributed by atoms with Crippen LogP contribution in [0.2, 0.25) is 0 Å². The van der Waals surface area contributed by atoms with Crippen molar-refractivity contribution in [3.63, 3.8) is 0 Å². The van der Waals surface area contributed by atoms with Crippen molar-refractivity contribution in [1.82, 2.24) is 19.7 Å². The van der Waals surface area contributed by atoms with Gasteiger partial charge in [-0.25, -0.2) is 0 Å². The zero-order valence-electron chi connectivity index (χ0n) is 18.6. The fourth-order valence-electron chi connectivity index (χ4n) is 4.42. The van der Waals surface area contributed by atoms with E-state index in [0.29, 0.717) is 23.3 Å². The summed E-state index contributed by atoms with van der Waals surface area (Å²) in [4.78, 5) is 22.1. The maximum atomic E-state index is 13.0. The first-order valence-corrected chi connectivity index (χ1v) is 11.7. The number of hydrogen-bond donors (Lipinski definition) is 1. The second-order valence-electron chi connectivity index (χ2n) is 9.33. The minimum atomic E-state index is -0.216. The van der Waals surface area contributed by atoms with E-state index in [0.717, 1.165) is 29.8 Å². The summed E-state index contributed by atoms with van der Waals surface area (Å²) in [5, 5.41) is 11.4. The molecule has 1 N–H and O–H groups in total. The van der Waals surface area contributed by atoms with Crippen LogP contribution in [0.1, 0.15) is 61.7 Å². The van der Waals surface area contributed by atoms with Crippen molar-refractivity contribution in [2.75, 3.05) is 5.32 Å². The van der Waals surface area contributed by atoms with E-state index in [1.165, 1.54) is 18.5 Å². The molecule has 1 aliphatic heterocycles. The molecule has 0 saturated heterocycles. The third-order valence-corrected chi connectivity index (χ3v) is 6.67. The van der Waals surface area contributed by atoms with Gasteiger partial charge in [0.25, 0.3) is 5.91 Å². The van der Waals surface area contributed by atoms with E-state index in [9.17, 15) is 4.79 Å². The fraction of sp³-hybridized carbons (Fsp3) is 0.346. The van der Waals surface area contributed by atoms with Gasteiger partial charge in [-0.15, -0.1) is 10.2 Å². The molecule has 2 saturated carbocycles. The number of aliphatic imine (C=N–C) groups is 1. The molecule has 1 amide bonds. The molecule has 3 heterocycles. The van der Waals surface area contributed by atoms with Gasteiger partial charge in [0.2, 0.25) is 0 Å². The molecule has 0 bridgehead atoms. The normalized spacial score (nSPS) is 22.2. The molecule has 2 fully saturated rings. The lowest BCUT2D eigenvalue weighted by Crippen LogP contribution is -2.20. The van der Waals surface area contributed by atoms with Crippen molar-refractivity contribution in [1.29, 1.82) is 0 Å². The van der Waals surface area contributed by atoms with Crippen LogP contribution >= 0.6 is 0 Å². The Balaban J connectivity index is 1.20. The number of carbonyl (C=O) groups is 1. The van der Waals surface area contributed by atoms with Crippen LogP contribution < -0.4 is 5.32 Å². The maximum Gasteiger partial charge on any atom is 0.273 e. The number of allylic oxidation sites excluding steroid dienone is 1. The van der Waals surface area contributed by atoms with E-state index in [1.807, 2.05) is 42.8 Å². The van der Waals surface area contributed by atoms with Crippen LogP contribution in [-0.2, 0) is 4.79 Å². The summed E-state index contributed by atoms with van der Waals surface area (Å²) in [6, 6.07) is 12.5. The maximum absolute atomic E-state index is 13.0. The molecule has 2 unspecified atom stereocenters. The van der Waals surface area contributed by atoms with Crippen LogP contribution in [0.5, 0.6) is 0 Å². The summed E-state index contributed by atoms with van der Waals surface area (Å²) in [6.45, 7) is 2.12. The zero-order valence-corrected chi connectivity index (χ0v) is 18.6. The summed E-state index contributed by atoms with van der Waals surface area (Å²) >= 11 is 0. The van der Waals surface area contributed by atoms with Gasteiger partial charge < -0.3 is 9.88 Å². The molecule has 7 heteroatoms. The molecule has 33 heavy (non-hydrogen) atoms. The van der Waals surface area contributed by atoms with E-state index < -0.39 is 0 Å². The van der Waals surface area contributed by atoms with E-state index in [1.54, 1.807) is 6.33 Å². The lowest BCUT2D eigenvalue weighted by Gasteiger charge is -2.22. The van der Waals surface area contributed by atoms with E-state index in [-0.39, 0.29) is 17.7 Å². The number of rotatable bonds is 6. The lowest BCUT2D eigenvalue weighted by atomic mass is 9.86. The number of nitrogens with zero attached hydrogens (tertiary/aromatic N) is 5. The van der Waals surface area contributed by atoms with Gasteiger partial charge in [-0.1, -0.05) is 25.1 Å². The average molecular weight is 439 g/mol. The third-order valence-electron chi connectivity index (χ3n) is 6.67. The highest BCUT2D eigenvalue weighted by atomic mass is 16.2. The summed E-state index contributed by atoms with van der Waals surface area (Å²) in [7, 11) is 0. The van der Waals surface area contributed by atoms with Crippen LogP contribution in [0.4, 0.5) is 5.69 Å². The first kappa shape index (κ1) is 20.0. The highest BCUT2D eigenvalue weighted by Gasteiger charge is 2.28. The van der Waals surface area contributed by atoms with E-state index in [4.69, 9.17) is 0 Å². The second-order valence-corrected chi connectivity index (χ2v) is 9.33. The van der Waals surface area contributed by atoms with Crippen molar-refractivity contribution in [2.24, 2.45) is 10.9 Å². The number of benzene rings is 1. The van der Waals surface area contributed by atoms with Gasteiger partial charge in [0.1, 0.15) is 12.0 Å². The molecular weight excluding hydrogens is 412 g/mol.